The number of halogens is 3. The fraction of sp³-hybridized carbons (Fsp3) is 0.111. The van der Waals surface area contributed by atoms with Crippen LogP contribution in [0.5, 0.6) is 17.2 Å². The lowest BCUT2D eigenvalue weighted by molar-refractivity contribution is -0.128. The van der Waals surface area contributed by atoms with E-state index >= 15 is 0 Å². The number of carbonyl (C=O) groups excluding carboxylic acids is 1. The monoisotopic (exact) mass is 411 g/mol. The van der Waals surface area contributed by atoms with Crippen LogP contribution in [0.15, 0.2) is 36.4 Å². The van der Waals surface area contributed by atoms with Gasteiger partial charge >= 0.3 is 5.97 Å². The quantitative estimate of drug-likeness (QED) is 0.371. The average molecular weight is 413 g/mol. The zero-order chi connectivity index (χ0) is 19.1. The van der Waals surface area contributed by atoms with Crippen molar-refractivity contribution in [1.82, 2.24) is 0 Å². The van der Waals surface area contributed by atoms with Crippen LogP contribution in [0.2, 0.25) is 15.1 Å². The Kier molecular flexibility index (Phi) is 7.16. The molecule has 2 aromatic rings. The summed E-state index contributed by atoms with van der Waals surface area (Å²) in [5.74, 6) is 0.221. The molecule has 0 aliphatic rings. The maximum Gasteiger partial charge on any atom is 0.336 e. The Bertz CT molecular complexity index is 867. The van der Waals surface area contributed by atoms with E-state index in [9.17, 15) is 4.79 Å². The van der Waals surface area contributed by atoms with Gasteiger partial charge in [0.05, 0.1) is 17.2 Å². The summed E-state index contributed by atoms with van der Waals surface area (Å²) in [4.78, 5) is 12.0. The van der Waals surface area contributed by atoms with Gasteiger partial charge in [-0.25, -0.2) is 4.79 Å². The van der Waals surface area contributed by atoms with Crippen LogP contribution in [0.3, 0.4) is 0 Å². The summed E-state index contributed by atoms with van der Waals surface area (Å²) in [5, 5.41) is 9.16. The van der Waals surface area contributed by atoms with Gasteiger partial charge in [0.1, 0.15) is 6.07 Å². The van der Waals surface area contributed by atoms with Gasteiger partial charge in [-0.3, -0.25) is 0 Å². The van der Waals surface area contributed by atoms with E-state index in [-0.39, 0.29) is 22.4 Å². The maximum atomic E-state index is 12.0. The van der Waals surface area contributed by atoms with Crippen LogP contribution in [0, 0.1) is 11.3 Å². The Morgan fingerprint density at radius 1 is 1.15 bits per heavy atom. The summed E-state index contributed by atoms with van der Waals surface area (Å²) in [6.07, 6.45) is 2.74. The molecule has 0 aliphatic carbocycles. The van der Waals surface area contributed by atoms with Crippen LogP contribution in [0.1, 0.15) is 5.56 Å². The van der Waals surface area contributed by atoms with Gasteiger partial charge in [0, 0.05) is 11.1 Å². The highest BCUT2D eigenvalue weighted by molar-refractivity contribution is 6.40. The molecule has 0 unspecified atom stereocenters. The number of hydrogen-bond acceptors (Lipinski definition) is 5. The van der Waals surface area contributed by atoms with Gasteiger partial charge in [0.15, 0.2) is 23.9 Å². The van der Waals surface area contributed by atoms with Crippen LogP contribution >= 0.6 is 34.8 Å². The lowest BCUT2D eigenvalue weighted by atomic mass is 10.2. The van der Waals surface area contributed by atoms with Crippen LogP contribution in [-0.4, -0.2) is 19.7 Å². The van der Waals surface area contributed by atoms with Crippen molar-refractivity contribution in [3.8, 4) is 23.3 Å². The Labute approximate surface area is 165 Å². The summed E-state index contributed by atoms with van der Waals surface area (Å²) < 4.78 is 15.6. The number of methoxy groups -OCH3 is 1. The zero-order valence-electron chi connectivity index (χ0n) is 13.5. The molecule has 0 amide bonds. The van der Waals surface area contributed by atoms with E-state index in [2.05, 4.69) is 0 Å². The topological polar surface area (TPSA) is 68.6 Å². The molecule has 2 aromatic carbocycles. The number of nitrogens with zero attached hydrogens (tertiary/aromatic N) is 1. The Balaban J connectivity index is 2.12. The predicted molar refractivity (Wildman–Crippen MR) is 100 cm³/mol. The van der Waals surface area contributed by atoms with E-state index in [0.717, 1.165) is 0 Å². The Morgan fingerprint density at radius 2 is 1.85 bits per heavy atom. The van der Waals surface area contributed by atoms with Gasteiger partial charge in [0.25, 0.3) is 0 Å². The van der Waals surface area contributed by atoms with Crippen LogP contribution in [0.25, 0.3) is 6.08 Å². The van der Waals surface area contributed by atoms with Crippen molar-refractivity contribution >= 4 is 46.8 Å². The summed E-state index contributed by atoms with van der Waals surface area (Å²) in [5.41, 5.74) is 0.663. The van der Waals surface area contributed by atoms with Crippen molar-refractivity contribution in [1.29, 1.82) is 5.26 Å². The fourth-order valence-electron chi connectivity index (χ4n) is 1.94. The fourth-order valence-corrected chi connectivity index (χ4v) is 2.84. The predicted octanol–water partition coefficient (Wildman–Crippen LogP) is 5.18. The molecule has 8 heteroatoms. The van der Waals surface area contributed by atoms with Gasteiger partial charge in [-0.2, -0.15) is 5.26 Å². The minimum Gasteiger partial charge on any atom is -0.493 e. The van der Waals surface area contributed by atoms with Crippen LogP contribution in [-0.2, 0) is 4.79 Å². The number of benzene rings is 2. The molecule has 0 fully saturated rings. The molecule has 0 aliphatic heterocycles. The number of rotatable bonds is 6. The van der Waals surface area contributed by atoms with Crippen molar-refractivity contribution in [2.24, 2.45) is 0 Å². The zero-order valence-corrected chi connectivity index (χ0v) is 15.7. The summed E-state index contributed by atoms with van der Waals surface area (Å²) in [7, 11) is 1.47. The average Bonchev–Trinajstić information content (AvgIpc) is 2.61. The molecule has 0 aromatic heterocycles. The molecule has 0 heterocycles. The van der Waals surface area contributed by atoms with E-state index in [4.69, 9.17) is 54.3 Å². The normalized spacial score (nSPS) is 10.4. The van der Waals surface area contributed by atoms with Gasteiger partial charge < -0.3 is 14.2 Å². The maximum absolute atomic E-state index is 12.0. The van der Waals surface area contributed by atoms with Gasteiger partial charge in [-0.1, -0.05) is 40.9 Å². The number of nitriles is 1. The molecular weight excluding hydrogens is 401 g/mol. The first-order chi connectivity index (χ1) is 12.4. The second-order valence-electron chi connectivity index (χ2n) is 4.81. The van der Waals surface area contributed by atoms with E-state index in [0.29, 0.717) is 22.1 Å². The third kappa shape index (κ3) is 5.30. The first-order valence-corrected chi connectivity index (χ1v) is 8.30. The highest BCUT2D eigenvalue weighted by Gasteiger charge is 2.12. The Hall–Kier alpha value is -2.39. The molecule has 26 heavy (non-hydrogen) atoms. The van der Waals surface area contributed by atoms with Crippen molar-refractivity contribution in [2.75, 3.05) is 13.7 Å². The van der Waals surface area contributed by atoms with Gasteiger partial charge in [-0.15, -0.1) is 0 Å². The third-order valence-corrected chi connectivity index (χ3v) is 3.84. The molecule has 0 radical (unpaired) electrons. The van der Waals surface area contributed by atoms with E-state index in [1.807, 2.05) is 6.07 Å². The standard InChI is InChI=1S/C18H12Cl3NO4/c1-24-16-8-11(2-4-15(16)25-7-6-22)3-5-17(23)26-18-13(20)9-12(19)10-14(18)21/h2-5,8-10H,7H2,1H3/b5-3+. The number of esters is 1. The smallest absolute Gasteiger partial charge is 0.336 e. The Morgan fingerprint density at radius 3 is 2.46 bits per heavy atom. The van der Waals surface area contributed by atoms with Crippen molar-refractivity contribution in [3.63, 3.8) is 0 Å². The number of carbonyl (C=O) groups is 1. The highest BCUT2D eigenvalue weighted by Crippen LogP contribution is 2.36. The molecule has 2 rings (SSSR count). The SMILES string of the molecule is COc1cc(/C=C/C(=O)Oc2c(Cl)cc(Cl)cc2Cl)ccc1OCC#N. The minimum absolute atomic E-state index is 0.0326. The lowest BCUT2D eigenvalue weighted by Gasteiger charge is -2.09. The molecule has 0 saturated carbocycles. The van der Waals surface area contributed by atoms with E-state index in [1.54, 1.807) is 18.2 Å². The number of ether oxygens (including phenoxy) is 3. The van der Waals surface area contributed by atoms with E-state index in [1.165, 1.54) is 31.4 Å². The van der Waals surface area contributed by atoms with Crippen molar-refractivity contribution in [2.45, 2.75) is 0 Å². The summed E-state index contributed by atoms with van der Waals surface area (Å²) in [6, 6.07) is 9.70. The molecule has 0 bridgehead atoms. The minimum atomic E-state index is -0.667. The second-order valence-corrected chi connectivity index (χ2v) is 6.06. The van der Waals surface area contributed by atoms with Crippen LogP contribution in [0.4, 0.5) is 0 Å². The number of hydrogen-bond donors (Lipinski definition) is 0. The van der Waals surface area contributed by atoms with Crippen molar-refractivity contribution < 1.29 is 19.0 Å². The van der Waals surface area contributed by atoms with Gasteiger partial charge in [-0.05, 0) is 35.9 Å². The molecule has 0 spiro atoms. The summed E-state index contributed by atoms with van der Waals surface area (Å²) in [6.45, 7) is -0.0967. The molecular formula is C18H12Cl3NO4. The molecule has 0 atom stereocenters. The highest BCUT2D eigenvalue weighted by atomic mass is 35.5. The van der Waals surface area contributed by atoms with Crippen molar-refractivity contribution in [3.05, 3.63) is 57.0 Å². The second kappa shape index (κ2) is 9.35. The molecule has 134 valence electrons. The lowest BCUT2D eigenvalue weighted by Crippen LogP contribution is -2.04. The molecule has 0 N–H and O–H groups in total. The third-order valence-electron chi connectivity index (χ3n) is 3.06. The van der Waals surface area contributed by atoms with Gasteiger partial charge in [0.2, 0.25) is 0 Å². The first kappa shape index (κ1) is 19.9. The molecule has 0 saturated heterocycles. The molecule has 5 nitrogen and oxygen atoms in total. The van der Waals surface area contributed by atoms with E-state index < -0.39 is 5.97 Å². The van der Waals surface area contributed by atoms with Crippen LogP contribution < -0.4 is 14.2 Å². The summed E-state index contributed by atoms with van der Waals surface area (Å²) >= 11 is 17.8. The largest absolute Gasteiger partial charge is 0.493 e. The first-order valence-electron chi connectivity index (χ1n) is 7.17.